The predicted molar refractivity (Wildman–Crippen MR) is 97.6 cm³/mol. The number of para-hydroxylation sites is 1. The van der Waals surface area contributed by atoms with E-state index in [1.165, 1.54) is 0 Å². The number of H-pyrrole nitrogens is 1. The molecule has 0 saturated carbocycles. The third kappa shape index (κ3) is 3.86. The number of fused-ring (bicyclic) bond motifs is 1. The molecule has 8 heteroatoms. The van der Waals surface area contributed by atoms with E-state index in [1.54, 1.807) is 4.90 Å². The van der Waals surface area contributed by atoms with Gasteiger partial charge in [0.25, 0.3) is 0 Å². The van der Waals surface area contributed by atoms with Crippen molar-refractivity contribution < 1.29 is 22.8 Å². The Hall–Kier alpha value is -2.51. The fraction of sp³-hybridized carbons (Fsp3) is 0.500. The maximum Gasteiger partial charge on any atom is 0.406 e. The smallest absolute Gasteiger partial charge is 0.358 e. The number of aromatic nitrogens is 1. The molecule has 0 aliphatic carbocycles. The Morgan fingerprint density at radius 3 is 2.57 bits per heavy atom. The SMILES string of the molecule is O=C1CC(C(=O)N2CCC(c3cc4ccccc4[nH]3)CC2)CN1CC(F)(F)F. The van der Waals surface area contributed by atoms with E-state index in [1.807, 2.05) is 18.2 Å². The normalized spacial score (nSPS) is 21.7. The van der Waals surface area contributed by atoms with Crippen LogP contribution < -0.4 is 0 Å². The molecule has 2 fully saturated rings. The van der Waals surface area contributed by atoms with Crippen LogP contribution in [0.1, 0.15) is 30.9 Å². The molecular formula is C20H22F3N3O2. The topological polar surface area (TPSA) is 56.4 Å². The van der Waals surface area contributed by atoms with Gasteiger partial charge < -0.3 is 14.8 Å². The van der Waals surface area contributed by atoms with Gasteiger partial charge in [0.15, 0.2) is 0 Å². The van der Waals surface area contributed by atoms with Crippen molar-refractivity contribution in [3.63, 3.8) is 0 Å². The highest BCUT2D eigenvalue weighted by Gasteiger charge is 2.42. The van der Waals surface area contributed by atoms with Crippen molar-refractivity contribution in [2.45, 2.75) is 31.4 Å². The van der Waals surface area contributed by atoms with Gasteiger partial charge in [-0.3, -0.25) is 9.59 Å². The number of benzene rings is 1. The predicted octanol–water partition coefficient (Wildman–Crippen LogP) is 3.28. The Kier molecular flexibility index (Phi) is 4.81. The standard InChI is InChI=1S/C20H22F3N3O2/c21-20(22,23)12-26-11-15(10-18(26)27)19(28)25-7-5-13(6-8-25)17-9-14-3-1-2-4-16(14)24-17/h1-4,9,13,15,24H,5-8,10-12H2. The van der Waals surface area contributed by atoms with E-state index in [0.29, 0.717) is 19.0 Å². The maximum atomic E-state index is 12.7. The summed E-state index contributed by atoms with van der Waals surface area (Å²) in [6.45, 7) is -0.303. The fourth-order valence-corrected chi connectivity index (χ4v) is 4.29. The molecule has 2 aliphatic rings. The van der Waals surface area contributed by atoms with Crippen molar-refractivity contribution in [2.24, 2.45) is 5.92 Å². The van der Waals surface area contributed by atoms with E-state index in [-0.39, 0.29) is 18.9 Å². The minimum Gasteiger partial charge on any atom is -0.358 e. The molecule has 2 saturated heterocycles. The Morgan fingerprint density at radius 2 is 1.89 bits per heavy atom. The number of carbonyl (C=O) groups excluding carboxylic acids is 2. The van der Waals surface area contributed by atoms with Crippen LogP contribution in [0.4, 0.5) is 13.2 Å². The van der Waals surface area contributed by atoms with Gasteiger partial charge in [-0.25, -0.2) is 0 Å². The van der Waals surface area contributed by atoms with Gasteiger partial charge in [-0.15, -0.1) is 0 Å². The quantitative estimate of drug-likeness (QED) is 0.870. The average Bonchev–Trinajstić information content (AvgIpc) is 3.24. The molecule has 150 valence electrons. The van der Waals surface area contributed by atoms with E-state index < -0.39 is 24.5 Å². The molecule has 1 N–H and O–H groups in total. The first kappa shape index (κ1) is 18.8. The van der Waals surface area contributed by atoms with E-state index >= 15 is 0 Å². The zero-order valence-corrected chi connectivity index (χ0v) is 15.3. The van der Waals surface area contributed by atoms with Gasteiger partial charge >= 0.3 is 6.18 Å². The average molecular weight is 393 g/mol. The number of aromatic amines is 1. The number of rotatable bonds is 3. The highest BCUT2D eigenvalue weighted by atomic mass is 19.4. The van der Waals surface area contributed by atoms with Crippen molar-refractivity contribution in [3.05, 3.63) is 36.0 Å². The number of carbonyl (C=O) groups is 2. The monoisotopic (exact) mass is 393 g/mol. The van der Waals surface area contributed by atoms with Crippen molar-refractivity contribution in [3.8, 4) is 0 Å². The minimum absolute atomic E-state index is 0.128. The van der Waals surface area contributed by atoms with E-state index in [0.717, 1.165) is 34.3 Å². The second-order valence-corrected chi connectivity index (χ2v) is 7.70. The highest BCUT2D eigenvalue weighted by Crippen LogP contribution is 2.32. The van der Waals surface area contributed by atoms with Gasteiger partial charge in [-0.2, -0.15) is 13.2 Å². The Labute approximate surface area is 160 Å². The number of hydrogen-bond donors (Lipinski definition) is 1. The molecule has 1 atom stereocenters. The summed E-state index contributed by atoms with van der Waals surface area (Å²) < 4.78 is 37.7. The van der Waals surface area contributed by atoms with E-state index in [2.05, 4.69) is 17.1 Å². The molecule has 1 aromatic heterocycles. The lowest BCUT2D eigenvalue weighted by Gasteiger charge is -2.33. The maximum absolute atomic E-state index is 12.7. The lowest BCUT2D eigenvalue weighted by Crippen LogP contribution is -2.42. The van der Waals surface area contributed by atoms with E-state index in [4.69, 9.17) is 0 Å². The summed E-state index contributed by atoms with van der Waals surface area (Å²) in [5.74, 6) is -1.14. The molecule has 1 unspecified atom stereocenters. The summed E-state index contributed by atoms with van der Waals surface area (Å²) in [6, 6.07) is 10.2. The van der Waals surface area contributed by atoms with Crippen molar-refractivity contribution >= 4 is 22.7 Å². The van der Waals surface area contributed by atoms with Gasteiger partial charge in [0.1, 0.15) is 6.54 Å². The van der Waals surface area contributed by atoms with Crippen LogP contribution in [0.25, 0.3) is 10.9 Å². The molecule has 0 bridgehead atoms. The lowest BCUT2D eigenvalue weighted by atomic mass is 9.92. The molecule has 0 spiro atoms. The van der Waals surface area contributed by atoms with Gasteiger partial charge in [-0.1, -0.05) is 18.2 Å². The van der Waals surface area contributed by atoms with Crippen LogP contribution in [0, 0.1) is 5.92 Å². The number of piperidine rings is 1. The van der Waals surface area contributed by atoms with Crippen molar-refractivity contribution in [1.29, 1.82) is 0 Å². The molecule has 5 nitrogen and oxygen atoms in total. The number of nitrogens with one attached hydrogen (secondary N) is 1. The number of nitrogens with zero attached hydrogens (tertiary/aromatic N) is 2. The first-order valence-corrected chi connectivity index (χ1v) is 9.51. The van der Waals surface area contributed by atoms with Gasteiger partial charge in [0.05, 0.1) is 5.92 Å². The third-order valence-electron chi connectivity index (χ3n) is 5.73. The lowest BCUT2D eigenvalue weighted by molar-refractivity contribution is -0.157. The molecule has 3 heterocycles. The largest absolute Gasteiger partial charge is 0.406 e. The zero-order chi connectivity index (χ0) is 19.9. The first-order valence-electron chi connectivity index (χ1n) is 9.51. The van der Waals surface area contributed by atoms with Gasteiger partial charge in [0, 0.05) is 43.2 Å². The molecule has 1 aromatic carbocycles. The van der Waals surface area contributed by atoms with Crippen LogP contribution in [-0.4, -0.2) is 59.0 Å². The number of amides is 2. The second kappa shape index (κ2) is 7.14. The summed E-state index contributed by atoms with van der Waals surface area (Å²) in [6.07, 6.45) is -2.97. The third-order valence-corrected chi connectivity index (χ3v) is 5.73. The van der Waals surface area contributed by atoms with Crippen LogP contribution in [0.3, 0.4) is 0 Å². The van der Waals surface area contributed by atoms with Crippen LogP contribution in [0.2, 0.25) is 0 Å². The molecule has 0 radical (unpaired) electrons. The zero-order valence-electron chi connectivity index (χ0n) is 15.3. The fourth-order valence-electron chi connectivity index (χ4n) is 4.29. The number of likely N-dealkylation sites (tertiary alicyclic amines) is 2. The summed E-state index contributed by atoms with van der Waals surface area (Å²) in [5.41, 5.74) is 2.24. The Balaban J connectivity index is 1.34. The van der Waals surface area contributed by atoms with Gasteiger partial charge in [-0.05, 0) is 30.4 Å². The van der Waals surface area contributed by atoms with E-state index in [9.17, 15) is 22.8 Å². The number of hydrogen-bond acceptors (Lipinski definition) is 2. The van der Waals surface area contributed by atoms with Crippen molar-refractivity contribution in [2.75, 3.05) is 26.2 Å². The molecular weight excluding hydrogens is 371 g/mol. The van der Waals surface area contributed by atoms with Crippen molar-refractivity contribution in [1.82, 2.24) is 14.8 Å². The minimum atomic E-state index is -4.44. The summed E-state index contributed by atoms with van der Waals surface area (Å²) in [4.78, 5) is 30.4. The highest BCUT2D eigenvalue weighted by molar-refractivity contribution is 5.89. The molecule has 2 amide bonds. The molecule has 4 rings (SSSR count). The second-order valence-electron chi connectivity index (χ2n) is 7.70. The summed E-state index contributed by atoms with van der Waals surface area (Å²) in [7, 11) is 0. The molecule has 2 aliphatic heterocycles. The Morgan fingerprint density at radius 1 is 1.18 bits per heavy atom. The molecule has 2 aromatic rings. The summed E-state index contributed by atoms with van der Waals surface area (Å²) >= 11 is 0. The van der Waals surface area contributed by atoms with Crippen LogP contribution in [0.15, 0.2) is 30.3 Å². The van der Waals surface area contributed by atoms with Crippen LogP contribution in [0.5, 0.6) is 0 Å². The number of alkyl halides is 3. The Bertz CT molecular complexity index is 851. The first-order chi connectivity index (χ1) is 13.3. The molecule has 28 heavy (non-hydrogen) atoms. The van der Waals surface area contributed by atoms with Gasteiger partial charge in [0.2, 0.25) is 11.8 Å². The number of halogens is 3. The van der Waals surface area contributed by atoms with Crippen LogP contribution >= 0.6 is 0 Å². The summed E-state index contributed by atoms with van der Waals surface area (Å²) in [5, 5.41) is 1.16. The van der Waals surface area contributed by atoms with Crippen LogP contribution in [-0.2, 0) is 9.59 Å².